The summed E-state index contributed by atoms with van der Waals surface area (Å²) in [5.74, 6) is 0.785. The molecular weight excluding hydrogens is 198 g/mol. The van der Waals surface area contributed by atoms with E-state index in [0.717, 1.165) is 25.6 Å². The maximum atomic E-state index is 6.06. The molecule has 3 nitrogen and oxygen atoms in total. The summed E-state index contributed by atoms with van der Waals surface area (Å²) in [5, 5.41) is 0. The molecule has 0 radical (unpaired) electrons. The molecule has 0 spiro atoms. The maximum absolute atomic E-state index is 6.06. The van der Waals surface area contributed by atoms with Crippen molar-refractivity contribution in [1.29, 1.82) is 0 Å². The Morgan fingerprint density at radius 1 is 1.12 bits per heavy atom. The van der Waals surface area contributed by atoms with Gasteiger partial charge < -0.3 is 10.6 Å². The zero-order valence-corrected chi connectivity index (χ0v) is 10.5. The Hall–Kier alpha value is -0.730. The van der Waals surface area contributed by atoms with Crippen LogP contribution in [0, 0.1) is 5.41 Å². The van der Waals surface area contributed by atoms with Crippen molar-refractivity contribution in [1.82, 2.24) is 4.90 Å². The van der Waals surface area contributed by atoms with Crippen LogP contribution < -0.4 is 5.73 Å². The van der Waals surface area contributed by atoms with Crippen molar-refractivity contribution in [3.8, 4) is 0 Å². The lowest BCUT2D eigenvalue weighted by Crippen LogP contribution is -2.41. The molecular formula is C13H25N3. The molecule has 0 bridgehead atoms. The Bertz CT molecular complexity index is 248. The highest BCUT2D eigenvalue weighted by Crippen LogP contribution is 2.37. The van der Waals surface area contributed by atoms with Crippen molar-refractivity contribution in [3.63, 3.8) is 0 Å². The second-order valence-corrected chi connectivity index (χ2v) is 5.74. The predicted octanol–water partition coefficient (Wildman–Crippen LogP) is 2.37. The SMILES string of the molecule is CC1(CN=C(N)N2CCCCC2)CCCC1. The van der Waals surface area contributed by atoms with Gasteiger partial charge in [-0.05, 0) is 37.5 Å². The van der Waals surface area contributed by atoms with Crippen LogP contribution in [0.1, 0.15) is 51.9 Å². The molecule has 3 heteroatoms. The summed E-state index contributed by atoms with van der Waals surface area (Å²) < 4.78 is 0. The molecule has 2 N–H and O–H groups in total. The summed E-state index contributed by atoms with van der Waals surface area (Å²) in [6.45, 7) is 5.49. The topological polar surface area (TPSA) is 41.6 Å². The fraction of sp³-hybridized carbons (Fsp3) is 0.923. The molecule has 0 aromatic rings. The van der Waals surface area contributed by atoms with Crippen molar-refractivity contribution < 1.29 is 0 Å². The molecule has 0 atom stereocenters. The Labute approximate surface area is 99.1 Å². The van der Waals surface area contributed by atoms with Gasteiger partial charge in [0.25, 0.3) is 0 Å². The Kier molecular flexibility index (Phi) is 3.72. The first-order chi connectivity index (χ1) is 7.70. The summed E-state index contributed by atoms with van der Waals surface area (Å²) in [6.07, 6.45) is 9.28. The van der Waals surface area contributed by atoms with Crippen LogP contribution in [0.15, 0.2) is 4.99 Å². The number of aliphatic imine (C=N–C) groups is 1. The number of likely N-dealkylation sites (tertiary alicyclic amines) is 1. The standard InChI is InChI=1S/C13H25N3/c1-13(7-3-4-8-13)11-15-12(14)16-9-5-2-6-10-16/h2-11H2,1H3,(H2,14,15). The normalized spacial score (nSPS) is 26.1. The Morgan fingerprint density at radius 2 is 1.75 bits per heavy atom. The van der Waals surface area contributed by atoms with Gasteiger partial charge in [-0.3, -0.25) is 4.99 Å². The van der Waals surface area contributed by atoms with Crippen LogP contribution in [-0.2, 0) is 0 Å². The molecule has 1 saturated heterocycles. The van der Waals surface area contributed by atoms with Crippen LogP contribution in [0.3, 0.4) is 0 Å². The van der Waals surface area contributed by atoms with Crippen LogP contribution in [0.4, 0.5) is 0 Å². The minimum absolute atomic E-state index is 0.431. The van der Waals surface area contributed by atoms with Gasteiger partial charge in [0.15, 0.2) is 5.96 Å². The summed E-state index contributed by atoms with van der Waals surface area (Å²) in [6, 6.07) is 0. The second kappa shape index (κ2) is 5.07. The van der Waals surface area contributed by atoms with E-state index in [4.69, 9.17) is 5.73 Å². The largest absolute Gasteiger partial charge is 0.370 e. The Morgan fingerprint density at radius 3 is 2.38 bits per heavy atom. The van der Waals surface area contributed by atoms with Crippen LogP contribution in [-0.4, -0.2) is 30.5 Å². The summed E-state index contributed by atoms with van der Waals surface area (Å²) in [5.41, 5.74) is 6.49. The van der Waals surface area contributed by atoms with E-state index < -0.39 is 0 Å². The number of guanidine groups is 1. The van der Waals surface area contributed by atoms with E-state index in [9.17, 15) is 0 Å². The molecule has 1 saturated carbocycles. The van der Waals surface area contributed by atoms with Crippen LogP contribution in [0.5, 0.6) is 0 Å². The first kappa shape index (κ1) is 11.7. The molecule has 1 heterocycles. The van der Waals surface area contributed by atoms with E-state index in [1.165, 1.54) is 44.9 Å². The van der Waals surface area contributed by atoms with Gasteiger partial charge in [-0.1, -0.05) is 19.8 Å². The monoisotopic (exact) mass is 223 g/mol. The van der Waals surface area contributed by atoms with Gasteiger partial charge in [-0.2, -0.15) is 0 Å². The van der Waals surface area contributed by atoms with Crippen LogP contribution in [0.2, 0.25) is 0 Å². The molecule has 2 aliphatic rings. The van der Waals surface area contributed by atoms with E-state index in [-0.39, 0.29) is 0 Å². The fourth-order valence-corrected chi connectivity index (χ4v) is 2.88. The van der Waals surface area contributed by atoms with Gasteiger partial charge >= 0.3 is 0 Å². The Balaban J connectivity index is 1.85. The number of hydrogen-bond donors (Lipinski definition) is 1. The quantitative estimate of drug-likeness (QED) is 0.577. The van der Waals surface area contributed by atoms with Crippen LogP contribution >= 0.6 is 0 Å². The fourth-order valence-electron chi connectivity index (χ4n) is 2.88. The van der Waals surface area contributed by atoms with Crippen molar-refractivity contribution in [2.24, 2.45) is 16.1 Å². The van der Waals surface area contributed by atoms with Gasteiger partial charge in [0.1, 0.15) is 0 Å². The molecule has 1 aliphatic heterocycles. The third-order valence-electron chi connectivity index (χ3n) is 4.11. The lowest BCUT2D eigenvalue weighted by Gasteiger charge is -2.28. The average molecular weight is 223 g/mol. The third-order valence-corrected chi connectivity index (χ3v) is 4.11. The predicted molar refractivity (Wildman–Crippen MR) is 68.5 cm³/mol. The van der Waals surface area contributed by atoms with Crippen molar-refractivity contribution >= 4 is 5.96 Å². The first-order valence-electron chi connectivity index (χ1n) is 6.75. The number of nitrogens with two attached hydrogens (primary N) is 1. The molecule has 0 unspecified atom stereocenters. The third kappa shape index (κ3) is 2.89. The van der Waals surface area contributed by atoms with Crippen molar-refractivity contribution in [2.75, 3.05) is 19.6 Å². The average Bonchev–Trinajstić information content (AvgIpc) is 2.75. The van der Waals surface area contributed by atoms with E-state index in [0.29, 0.717) is 5.41 Å². The van der Waals surface area contributed by atoms with Gasteiger partial charge in [0, 0.05) is 19.6 Å². The minimum atomic E-state index is 0.431. The number of hydrogen-bond acceptors (Lipinski definition) is 1. The molecule has 1 aliphatic carbocycles. The first-order valence-corrected chi connectivity index (χ1v) is 6.75. The maximum Gasteiger partial charge on any atom is 0.191 e. The van der Waals surface area contributed by atoms with E-state index in [1.54, 1.807) is 0 Å². The van der Waals surface area contributed by atoms with E-state index >= 15 is 0 Å². The molecule has 2 fully saturated rings. The molecule has 2 rings (SSSR count). The molecule has 0 amide bonds. The highest BCUT2D eigenvalue weighted by atomic mass is 15.3. The van der Waals surface area contributed by atoms with Gasteiger partial charge in [0.2, 0.25) is 0 Å². The summed E-state index contributed by atoms with van der Waals surface area (Å²) in [4.78, 5) is 6.87. The lowest BCUT2D eigenvalue weighted by molar-refractivity contribution is 0.325. The zero-order chi connectivity index (χ0) is 11.4. The number of piperidine rings is 1. The molecule has 16 heavy (non-hydrogen) atoms. The van der Waals surface area contributed by atoms with Crippen molar-refractivity contribution in [2.45, 2.75) is 51.9 Å². The highest BCUT2D eigenvalue weighted by molar-refractivity contribution is 5.78. The lowest BCUT2D eigenvalue weighted by atomic mass is 9.89. The van der Waals surface area contributed by atoms with Crippen LogP contribution in [0.25, 0.3) is 0 Å². The van der Waals surface area contributed by atoms with E-state index in [1.807, 2.05) is 0 Å². The van der Waals surface area contributed by atoms with Crippen molar-refractivity contribution in [3.05, 3.63) is 0 Å². The van der Waals surface area contributed by atoms with Gasteiger partial charge in [-0.15, -0.1) is 0 Å². The van der Waals surface area contributed by atoms with E-state index in [2.05, 4.69) is 16.8 Å². The van der Waals surface area contributed by atoms with Gasteiger partial charge in [-0.25, -0.2) is 0 Å². The molecule has 0 aromatic heterocycles. The smallest absolute Gasteiger partial charge is 0.191 e. The highest BCUT2D eigenvalue weighted by Gasteiger charge is 2.28. The summed E-state index contributed by atoms with van der Waals surface area (Å²) >= 11 is 0. The second-order valence-electron chi connectivity index (χ2n) is 5.74. The minimum Gasteiger partial charge on any atom is -0.370 e. The zero-order valence-electron chi connectivity index (χ0n) is 10.5. The summed E-state index contributed by atoms with van der Waals surface area (Å²) in [7, 11) is 0. The number of nitrogens with zero attached hydrogens (tertiary/aromatic N) is 2. The molecule has 0 aromatic carbocycles. The van der Waals surface area contributed by atoms with Gasteiger partial charge in [0.05, 0.1) is 0 Å². The number of rotatable bonds is 2. The molecule has 92 valence electrons.